The van der Waals surface area contributed by atoms with E-state index in [1.807, 2.05) is 48.5 Å². The number of likely N-dealkylation sites (tertiary alicyclic amines) is 1. The van der Waals surface area contributed by atoms with Gasteiger partial charge >= 0.3 is 0 Å². The lowest BCUT2D eigenvalue weighted by molar-refractivity contribution is -0.276. The van der Waals surface area contributed by atoms with Gasteiger partial charge in [0.25, 0.3) is 0 Å². The summed E-state index contributed by atoms with van der Waals surface area (Å²) < 4.78 is 13.2. The highest BCUT2D eigenvalue weighted by Crippen LogP contribution is 2.42. The van der Waals surface area contributed by atoms with Crippen molar-refractivity contribution in [1.29, 1.82) is 0 Å². The van der Waals surface area contributed by atoms with Gasteiger partial charge in [0.15, 0.2) is 6.29 Å². The predicted octanol–water partition coefficient (Wildman–Crippen LogP) is 4.06. The molecule has 2 heterocycles. The van der Waals surface area contributed by atoms with Gasteiger partial charge in [-0.05, 0) is 55.5 Å². The number of hydrogen-bond acceptors (Lipinski definition) is 7. The summed E-state index contributed by atoms with van der Waals surface area (Å²) >= 11 is 0. The number of aliphatic hydroxyl groups is 2. The van der Waals surface area contributed by atoms with Crippen molar-refractivity contribution < 1.29 is 29.3 Å². The Labute approximate surface area is 243 Å². The molecule has 2 aliphatic heterocycles. The third-order valence-corrected chi connectivity index (χ3v) is 8.14. The molecule has 0 saturated carbocycles. The molecule has 0 aliphatic carbocycles. The highest BCUT2D eigenvalue weighted by atomic mass is 16.7. The van der Waals surface area contributed by atoms with E-state index in [-0.39, 0.29) is 49.2 Å². The van der Waals surface area contributed by atoms with Gasteiger partial charge in [0.2, 0.25) is 11.8 Å². The molecule has 5 atom stereocenters. The first-order valence-corrected chi connectivity index (χ1v) is 14.9. The van der Waals surface area contributed by atoms with Crippen LogP contribution in [0.4, 0.5) is 5.69 Å². The largest absolute Gasteiger partial charge is 0.395 e. The number of amides is 2. The van der Waals surface area contributed by atoms with Crippen LogP contribution in [-0.2, 0) is 25.7 Å². The minimum Gasteiger partial charge on any atom is -0.395 e. The lowest BCUT2D eigenvalue weighted by atomic mass is 9.90. The van der Waals surface area contributed by atoms with E-state index in [9.17, 15) is 19.8 Å². The Bertz CT molecular complexity index is 1130. The molecular weight excluding hydrogens is 522 g/mol. The topological polar surface area (TPSA) is 120 Å². The number of nitrogens with one attached hydrogen (secondary N) is 2. The highest BCUT2D eigenvalue weighted by Gasteiger charge is 2.40. The molecule has 2 saturated heterocycles. The third kappa shape index (κ3) is 8.83. The number of nitrogens with zero attached hydrogens (tertiary/aromatic N) is 1. The van der Waals surface area contributed by atoms with Crippen molar-refractivity contribution in [2.45, 2.75) is 83.5 Å². The lowest BCUT2D eigenvalue weighted by Crippen LogP contribution is -2.46. The van der Waals surface area contributed by atoms with Crippen LogP contribution in [0.25, 0.3) is 0 Å². The van der Waals surface area contributed by atoms with Crippen LogP contribution < -0.4 is 10.6 Å². The molecule has 5 unspecified atom stereocenters. The number of unbranched alkanes of at least 4 members (excludes halogenated alkanes) is 2. The van der Waals surface area contributed by atoms with Gasteiger partial charge < -0.3 is 30.3 Å². The van der Waals surface area contributed by atoms with Crippen molar-refractivity contribution in [2.24, 2.45) is 5.92 Å². The quantitative estimate of drug-likeness (QED) is 0.270. The monoisotopic (exact) mass is 567 g/mol. The number of benzene rings is 2. The molecule has 4 rings (SSSR count). The average molecular weight is 568 g/mol. The number of anilines is 1. The van der Waals surface area contributed by atoms with E-state index in [1.54, 1.807) is 0 Å². The van der Waals surface area contributed by atoms with Crippen LogP contribution in [0.2, 0.25) is 0 Å². The molecule has 9 nitrogen and oxygen atoms in total. The van der Waals surface area contributed by atoms with E-state index in [4.69, 9.17) is 9.47 Å². The Kier molecular flexibility index (Phi) is 11.7. The summed E-state index contributed by atoms with van der Waals surface area (Å²) in [6.45, 7) is 6.05. The Balaban J connectivity index is 1.44. The minimum absolute atomic E-state index is 0.0111. The average Bonchev–Trinajstić information content (AvgIpc) is 3.43. The van der Waals surface area contributed by atoms with Crippen LogP contribution in [-0.4, -0.2) is 65.3 Å². The Hall–Kier alpha value is -2.82. The smallest absolute Gasteiger partial charge is 0.224 e. The second-order valence-electron chi connectivity index (χ2n) is 11.3. The molecule has 2 aromatic carbocycles. The number of hydrogen-bond donors (Lipinski definition) is 4. The molecule has 2 amide bonds. The molecule has 224 valence electrons. The van der Waals surface area contributed by atoms with Gasteiger partial charge in [-0.2, -0.15) is 0 Å². The number of rotatable bonds is 13. The number of aliphatic hydroxyl groups excluding tert-OH is 2. The second kappa shape index (κ2) is 15.4. The summed E-state index contributed by atoms with van der Waals surface area (Å²) in [6.07, 6.45) is 3.95. The Morgan fingerprint density at radius 1 is 1.02 bits per heavy atom. The molecule has 2 fully saturated rings. The fourth-order valence-corrected chi connectivity index (χ4v) is 5.74. The zero-order valence-corrected chi connectivity index (χ0v) is 24.3. The summed E-state index contributed by atoms with van der Waals surface area (Å²) in [7, 11) is 0. The summed E-state index contributed by atoms with van der Waals surface area (Å²) in [5, 5.41) is 25.1. The van der Waals surface area contributed by atoms with Crippen molar-refractivity contribution >= 4 is 17.5 Å². The van der Waals surface area contributed by atoms with Crippen LogP contribution in [0.5, 0.6) is 0 Å². The summed E-state index contributed by atoms with van der Waals surface area (Å²) in [5.74, 6) is -0.0325. The van der Waals surface area contributed by atoms with Crippen molar-refractivity contribution in [3.05, 3.63) is 65.2 Å². The Morgan fingerprint density at radius 2 is 1.83 bits per heavy atom. The lowest BCUT2D eigenvalue weighted by Gasteiger charge is -2.43. The maximum Gasteiger partial charge on any atom is 0.224 e. The van der Waals surface area contributed by atoms with Gasteiger partial charge in [-0.3, -0.25) is 14.5 Å². The van der Waals surface area contributed by atoms with Gasteiger partial charge in [0.1, 0.15) is 0 Å². The van der Waals surface area contributed by atoms with Gasteiger partial charge in [-0.15, -0.1) is 0 Å². The van der Waals surface area contributed by atoms with Crippen LogP contribution in [0.1, 0.15) is 81.5 Å². The summed E-state index contributed by atoms with van der Waals surface area (Å²) in [4.78, 5) is 25.9. The van der Waals surface area contributed by atoms with E-state index in [1.165, 1.54) is 6.92 Å². The molecule has 2 aromatic rings. The van der Waals surface area contributed by atoms with E-state index >= 15 is 0 Å². The standard InChI is InChI=1S/C32H45N3O6/c1-22-29(19-35-17-7-10-28(35)21-37)40-32(41-31(22)25-14-12-24(20-36)13-15-25)26-8-6-9-27(18-26)34-30(39)11-4-3-5-16-33-23(2)38/h6,8-9,12-15,18,22,28-29,31-32,36-37H,3-5,7,10-11,16-17,19-21H2,1-2H3,(H,33,38)(H,34,39). The highest BCUT2D eigenvalue weighted by molar-refractivity contribution is 5.90. The van der Waals surface area contributed by atoms with E-state index < -0.39 is 6.29 Å². The Morgan fingerprint density at radius 3 is 2.56 bits per heavy atom. The van der Waals surface area contributed by atoms with Gasteiger partial charge in [-0.1, -0.05) is 49.7 Å². The van der Waals surface area contributed by atoms with Crippen LogP contribution in [0.3, 0.4) is 0 Å². The van der Waals surface area contributed by atoms with Gasteiger partial charge in [0.05, 0.1) is 25.4 Å². The number of carbonyl (C=O) groups excluding carboxylic acids is 2. The van der Waals surface area contributed by atoms with Crippen molar-refractivity contribution in [3.8, 4) is 0 Å². The number of ether oxygens (including phenoxy) is 2. The first-order chi connectivity index (χ1) is 19.9. The maximum absolute atomic E-state index is 12.6. The zero-order valence-electron chi connectivity index (χ0n) is 24.3. The third-order valence-electron chi connectivity index (χ3n) is 8.14. The first kappa shape index (κ1) is 31.1. The maximum atomic E-state index is 12.6. The molecule has 0 bridgehead atoms. The van der Waals surface area contributed by atoms with E-state index in [0.717, 1.165) is 55.3 Å². The molecular formula is C32H45N3O6. The molecule has 4 N–H and O–H groups in total. The first-order valence-electron chi connectivity index (χ1n) is 14.9. The van der Waals surface area contributed by atoms with Crippen molar-refractivity contribution in [1.82, 2.24) is 10.2 Å². The van der Waals surface area contributed by atoms with Gasteiger partial charge in [-0.25, -0.2) is 0 Å². The fourth-order valence-electron chi connectivity index (χ4n) is 5.74. The molecule has 9 heteroatoms. The minimum atomic E-state index is -0.625. The van der Waals surface area contributed by atoms with Crippen LogP contribution >= 0.6 is 0 Å². The fraction of sp³-hybridized carbons (Fsp3) is 0.562. The molecule has 0 spiro atoms. The normalized spacial score (nSPS) is 24.7. The molecule has 2 aliphatic rings. The second-order valence-corrected chi connectivity index (χ2v) is 11.3. The molecule has 0 radical (unpaired) electrons. The summed E-state index contributed by atoms with van der Waals surface area (Å²) in [5.41, 5.74) is 3.39. The molecule has 41 heavy (non-hydrogen) atoms. The van der Waals surface area contributed by atoms with Crippen LogP contribution in [0.15, 0.2) is 48.5 Å². The molecule has 0 aromatic heterocycles. The number of carbonyl (C=O) groups is 2. The van der Waals surface area contributed by atoms with Crippen molar-refractivity contribution in [2.75, 3.05) is 31.6 Å². The van der Waals surface area contributed by atoms with Gasteiger partial charge in [0, 0.05) is 49.6 Å². The van der Waals surface area contributed by atoms with Crippen molar-refractivity contribution in [3.63, 3.8) is 0 Å². The predicted molar refractivity (Wildman–Crippen MR) is 157 cm³/mol. The SMILES string of the molecule is CC(=O)NCCCCCC(=O)Nc1cccc(C2OC(CN3CCCC3CO)C(C)C(c3ccc(CO)cc3)O2)c1. The van der Waals surface area contributed by atoms with E-state index in [0.29, 0.717) is 25.2 Å². The van der Waals surface area contributed by atoms with Crippen LogP contribution in [0, 0.1) is 5.92 Å². The summed E-state index contributed by atoms with van der Waals surface area (Å²) in [6, 6.07) is 15.6. The van der Waals surface area contributed by atoms with E-state index in [2.05, 4.69) is 22.5 Å². The zero-order chi connectivity index (χ0) is 29.2.